The van der Waals surface area contributed by atoms with Crippen molar-refractivity contribution in [2.24, 2.45) is 5.92 Å². The minimum absolute atomic E-state index is 0.369. The van der Waals surface area contributed by atoms with Crippen molar-refractivity contribution in [2.45, 2.75) is 25.3 Å². The SMILES string of the molecule is CNC(c1cccc(OC)c1OC)C1CCC1. The Morgan fingerprint density at radius 2 is 2.00 bits per heavy atom. The Morgan fingerprint density at radius 1 is 1.24 bits per heavy atom. The van der Waals surface area contributed by atoms with E-state index < -0.39 is 0 Å². The van der Waals surface area contributed by atoms with Gasteiger partial charge in [-0.05, 0) is 31.9 Å². The minimum Gasteiger partial charge on any atom is -0.493 e. The molecule has 0 saturated heterocycles. The van der Waals surface area contributed by atoms with Gasteiger partial charge in [-0.1, -0.05) is 18.6 Å². The summed E-state index contributed by atoms with van der Waals surface area (Å²) in [5, 5.41) is 3.41. The number of rotatable bonds is 5. The molecule has 1 saturated carbocycles. The lowest BCUT2D eigenvalue weighted by Crippen LogP contribution is -2.30. The molecule has 3 heteroatoms. The van der Waals surface area contributed by atoms with Crippen LogP contribution in [-0.2, 0) is 0 Å². The summed E-state index contributed by atoms with van der Waals surface area (Å²) in [5.41, 5.74) is 1.21. The maximum atomic E-state index is 5.50. The molecule has 1 unspecified atom stereocenters. The molecule has 2 rings (SSSR count). The Balaban J connectivity index is 2.34. The minimum atomic E-state index is 0.369. The van der Waals surface area contributed by atoms with E-state index in [0.29, 0.717) is 6.04 Å². The van der Waals surface area contributed by atoms with Crippen LogP contribution in [0.1, 0.15) is 30.9 Å². The average molecular weight is 235 g/mol. The summed E-state index contributed by atoms with van der Waals surface area (Å²) in [6, 6.07) is 6.46. The Bertz CT molecular complexity index is 374. The van der Waals surface area contributed by atoms with E-state index in [1.54, 1.807) is 14.2 Å². The van der Waals surface area contributed by atoms with Crippen LogP contribution in [0.15, 0.2) is 18.2 Å². The molecule has 3 nitrogen and oxygen atoms in total. The van der Waals surface area contributed by atoms with Gasteiger partial charge in [-0.3, -0.25) is 0 Å². The lowest BCUT2D eigenvalue weighted by Gasteiger charge is -2.34. The Labute approximate surface area is 103 Å². The van der Waals surface area contributed by atoms with Crippen LogP contribution in [-0.4, -0.2) is 21.3 Å². The van der Waals surface area contributed by atoms with Gasteiger partial charge in [0.25, 0.3) is 0 Å². The second-order valence-corrected chi connectivity index (χ2v) is 4.54. The first-order chi connectivity index (χ1) is 8.31. The summed E-state index contributed by atoms with van der Waals surface area (Å²) < 4.78 is 10.9. The fraction of sp³-hybridized carbons (Fsp3) is 0.571. The van der Waals surface area contributed by atoms with Crippen molar-refractivity contribution in [1.82, 2.24) is 5.32 Å². The summed E-state index contributed by atoms with van der Waals surface area (Å²) in [4.78, 5) is 0. The van der Waals surface area contributed by atoms with E-state index in [-0.39, 0.29) is 0 Å². The number of ether oxygens (including phenoxy) is 2. The first-order valence-electron chi connectivity index (χ1n) is 6.20. The zero-order chi connectivity index (χ0) is 12.3. The van der Waals surface area contributed by atoms with Gasteiger partial charge < -0.3 is 14.8 Å². The van der Waals surface area contributed by atoms with Gasteiger partial charge in [0.05, 0.1) is 14.2 Å². The molecule has 94 valence electrons. The van der Waals surface area contributed by atoms with Gasteiger partial charge in [0.15, 0.2) is 11.5 Å². The smallest absolute Gasteiger partial charge is 0.165 e. The van der Waals surface area contributed by atoms with Gasteiger partial charge in [0, 0.05) is 11.6 Å². The highest BCUT2D eigenvalue weighted by atomic mass is 16.5. The zero-order valence-corrected chi connectivity index (χ0v) is 10.8. The molecule has 1 aliphatic rings. The first kappa shape index (κ1) is 12.2. The molecule has 0 radical (unpaired) electrons. The molecular formula is C14H21NO2. The van der Waals surface area contributed by atoms with Gasteiger partial charge in [0.1, 0.15) is 0 Å². The molecule has 0 spiro atoms. The van der Waals surface area contributed by atoms with Crippen molar-refractivity contribution in [3.63, 3.8) is 0 Å². The molecule has 1 aromatic rings. The third-order valence-corrected chi connectivity index (χ3v) is 3.70. The summed E-state index contributed by atoms with van der Waals surface area (Å²) in [5.74, 6) is 2.40. The van der Waals surface area contributed by atoms with Crippen molar-refractivity contribution < 1.29 is 9.47 Å². The summed E-state index contributed by atoms with van der Waals surface area (Å²) in [7, 11) is 5.40. The molecular weight excluding hydrogens is 214 g/mol. The molecule has 0 aromatic heterocycles. The molecule has 1 N–H and O–H groups in total. The van der Waals surface area contributed by atoms with Crippen LogP contribution in [0.3, 0.4) is 0 Å². The van der Waals surface area contributed by atoms with E-state index in [2.05, 4.69) is 11.4 Å². The van der Waals surface area contributed by atoms with Gasteiger partial charge in [-0.15, -0.1) is 0 Å². The number of hydrogen-bond donors (Lipinski definition) is 1. The highest BCUT2D eigenvalue weighted by molar-refractivity contribution is 5.48. The van der Waals surface area contributed by atoms with E-state index in [1.165, 1.54) is 24.8 Å². The van der Waals surface area contributed by atoms with E-state index in [9.17, 15) is 0 Å². The van der Waals surface area contributed by atoms with E-state index in [1.807, 2.05) is 19.2 Å². The van der Waals surface area contributed by atoms with E-state index >= 15 is 0 Å². The highest BCUT2D eigenvalue weighted by Gasteiger charge is 2.30. The Hall–Kier alpha value is -1.22. The first-order valence-corrected chi connectivity index (χ1v) is 6.20. The second kappa shape index (κ2) is 5.41. The van der Waals surface area contributed by atoms with Crippen molar-refractivity contribution >= 4 is 0 Å². The fourth-order valence-corrected chi connectivity index (χ4v) is 2.58. The molecule has 1 aromatic carbocycles. The van der Waals surface area contributed by atoms with Crippen LogP contribution < -0.4 is 14.8 Å². The second-order valence-electron chi connectivity index (χ2n) is 4.54. The van der Waals surface area contributed by atoms with Crippen LogP contribution >= 0.6 is 0 Å². The van der Waals surface area contributed by atoms with Gasteiger partial charge >= 0.3 is 0 Å². The summed E-state index contributed by atoms with van der Waals surface area (Å²) in [6.07, 6.45) is 3.94. The molecule has 17 heavy (non-hydrogen) atoms. The molecule has 0 amide bonds. The third-order valence-electron chi connectivity index (χ3n) is 3.70. The number of benzene rings is 1. The lowest BCUT2D eigenvalue weighted by molar-refractivity contribution is 0.233. The van der Waals surface area contributed by atoms with Crippen LogP contribution in [0.5, 0.6) is 11.5 Å². The standard InChI is InChI=1S/C14H21NO2/c1-15-13(10-6-4-7-10)11-8-5-9-12(16-2)14(11)17-3/h5,8-10,13,15H,4,6-7H2,1-3H3. The number of hydrogen-bond acceptors (Lipinski definition) is 3. The summed E-state index contributed by atoms with van der Waals surface area (Å²) in [6.45, 7) is 0. The summed E-state index contributed by atoms with van der Waals surface area (Å²) >= 11 is 0. The van der Waals surface area contributed by atoms with Crippen molar-refractivity contribution in [2.75, 3.05) is 21.3 Å². The third kappa shape index (κ3) is 2.25. The Kier molecular flexibility index (Phi) is 3.89. The van der Waals surface area contributed by atoms with E-state index in [0.717, 1.165) is 17.4 Å². The van der Waals surface area contributed by atoms with E-state index in [4.69, 9.17) is 9.47 Å². The number of methoxy groups -OCH3 is 2. The maximum absolute atomic E-state index is 5.50. The van der Waals surface area contributed by atoms with Crippen LogP contribution in [0.4, 0.5) is 0 Å². The number of para-hydroxylation sites is 1. The normalized spacial score (nSPS) is 17.4. The molecule has 0 bridgehead atoms. The Morgan fingerprint density at radius 3 is 2.47 bits per heavy atom. The predicted molar refractivity (Wildman–Crippen MR) is 68.7 cm³/mol. The quantitative estimate of drug-likeness (QED) is 0.851. The van der Waals surface area contributed by atoms with Crippen LogP contribution in [0.2, 0.25) is 0 Å². The monoisotopic (exact) mass is 235 g/mol. The largest absolute Gasteiger partial charge is 0.493 e. The van der Waals surface area contributed by atoms with Gasteiger partial charge in [0.2, 0.25) is 0 Å². The molecule has 1 aliphatic carbocycles. The number of nitrogens with one attached hydrogen (secondary N) is 1. The van der Waals surface area contributed by atoms with Gasteiger partial charge in [-0.25, -0.2) is 0 Å². The van der Waals surface area contributed by atoms with Crippen molar-refractivity contribution in [3.8, 4) is 11.5 Å². The molecule has 1 atom stereocenters. The predicted octanol–water partition coefficient (Wildman–Crippen LogP) is 2.76. The average Bonchev–Trinajstić information content (AvgIpc) is 2.32. The van der Waals surface area contributed by atoms with Crippen molar-refractivity contribution in [3.05, 3.63) is 23.8 Å². The van der Waals surface area contributed by atoms with Gasteiger partial charge in [-0.2, -0.15) is 0 Å². The van der Waals surface area contributed by atoms with Crippen LogP contribution in [0.25, 0.3) is 0 Å². The molecule has 1 fully saturated rings. The highest BCUT2D eigenvalue weighted by Crippen LogP contribution is 2.43. The fourth-order valence-electron chi connectivity index (χ4n) is 2.58. The lowest BCUT2D eigenvalue weighted by atomic mass is 9.77. The van der Waals surface area contributed by atoms with Crippen LogP contribution in [0, 0.1) is 5.92 Å². The molecule has 0 heterocycles. The molecule has 0 aliphatic heterocycles. The zero-order valence-electron chi connectivity index (χ0n) is 10.8. The topological polar surface area (TPSA) is 30.5 Å². The van der Waals surface area contributed by atoms with Crippen molar-refractivity contribution in [1.29, 1.82) is 0 Å². The maximum Gasteiger partial charge on any atom is 0.165 e.